The number of thiazole rings is 1. The summed E-state index contributed by atoms with van der Waals surface area (Å²) in [6.45, 7) is 3.02. The van der Waals surface area contributed by atoms with Crippen LogP contribution in [-0.4, -0.2) is 44.3 Å². The van der Waals surface area contributed by atoms with Crippen molar-refractivity contribution >= 4 is 28.1 Å². The lowest BCUT2D eigenvalue weighted by Crippen LogP contribution is -2.50. The number of aromatic nitrogens is 3. The van der Waals surface area contributed by atoms with Crippen LogP contribution in [-0.2, 0) is 13.7 Å². The van der Waals surface area contributed by atoms with E-state index in [0.29, 0.717) is 23.3 Å². The largest absolute Gasteiger partial charge is 0.488 e. The standard InChI is InChI=1S/C19H22F2N4O3S/c1-11-15(29-10-22-11)8-28-12-4-5-14-13(6-12)17(25(3)24-14)18(27)23-19(2,9-26)7-16(20)21/h4-6,10,16,26H,7-9H2,1-3H3,(H,23,27). The molecule has 0 radical (unpaired) electrons. The minimum Gasteiger partial charge on any atom is -0.488 e. The maximum absolute atomic E-state index is 12.8. The minimum absolute atomic E-state index is 0.202. The highest BCUT2D eigenvalue weighted by atomic mass is 32.1. The molecule has 0 spiro atoms. The first-order valence-electron chi connectivity index (χ1n) is 8.92. The SMILES string of the molecule is Cc1ncsc1COc1ccc2nn(C)c(C(=O)NC(C)(CO)CC(F)F)c2c1. The molecule has 3 rings (SSSR count). The lowest BCUT2D eigenvalue weighted by Gasteiger charge is -2.28. The number of fused-ring (bicyclic) bond motifs is 1. The molecule has 0 aliphatic rings. The molecule has 0 aliphatic heterocycles. The molecular formula is C19H22F2N4O3S. The summed E-state index contributed by atoms with van der Waals surface area (Å²) < 4.78 is 32.9. The Morgan fingerprint density at radius 2 is 2.21 bits per heavy atom. The van der Waals surface area contributed by atoms with Gasteiger partial charge in [-0.05, 0) is 32.0 Å². The van der Waals surface area contributed by atoms with Gasteiger partial charge in [-0.2, -0.15) is 5.10 Å². The van der Waals surface area contributed by atoms with Gasteiger partial charge in [-0.15, -0.1) is 11.3 Å². The Morgan fingerprint density at radius 3 is 2.83 bits per heavy atom. The number of rotatable bonds is 8. The van der Waals surface area contributed by atoms with Crippen molar-refractivity contribution in [3.05, 3.63) is 40.0 Å². The predicted octanol–water partition coefficient (Wildman–Crippen LogP) is 3.05. The first-order valence-corrected chi connectivity index (χ1v) is 9.80. The first-order chi connectivity index (χ1) is 13.7. The van der Waals surface area contributed by atoms with Gasteiger partial charge in [-0.3, -0.25) is 9.48 Å². The molecule has 0 saturated heterocycles. The number of amides is 1. The lowest BCUT2D eigenvalue weighted by molar-refractivity contribution is 0.0582. The fourth-order valence-corrected chi connectivity index (χ4v) is 3.67. The number of nitrogens with zero attached hydrogens (tertiary/aromatic N) is 3. The van der Waals surface area contributed by atoms with Crippen LogP contribution < -0.4 is 10.1 Å². The van der Waals surface area contributed by atoms with Crippen LogP contribution in [0.25, 0.3) is 10.9 Å². The van der Waals surface area contributed by atoms with Crippen molar-refractivity contribution in [2.24, 2.45) is 7.05 Å². The molecule has 0 saturated carbocycles. The number of aliphatic hydroxyl groups is 1. The van der Waals surface area contributed by atoms with E-state index in [0.717, 1.165) is 10.6 Å². The van der Waals surface area contributed by atoms with Gasteiger partial charge >= 0.3 is 0 Å². The summed E-state index contributed by atoms with van der Waals surface area (Å²) in [5.41, 5.74) is 1.98. The number of carbonyl (C=O) groups is 1. The number of halogens is 2. The summed E-state index contributed by atoms with van der Waals surface area (Å²) in [6.07, 6.45) is -3.32. The van der Waals surface area contributed by atoms with Crippen molar-refractivity contribution in [3.63, 3.8) is 0 Å². The number of ether oxygens (including phenoxy) is 1. The Labute approximate surface area is 170 Å². The van der Waals surface area contributed by atoms with E-state index < -0.39 is 30.9 Å². The summed E-state index contributed by atoms with van der Waals surface area (Å²) >= 11 is 1.50. The van der Waals surface area contributed by atoms with Crippen LogP contribution in [0.2, 0.25) is 0 Å². The molecule has 2 aromatic heterocycles. The molecule has 2 N–H and O–H groups in total. The Kier molecular flexibility index (Phi) is 6.13. The van der Waals surface area contributed by atoms with E-state index in [2.05, 4.69) is 15.4 Å². The quantitative estimate of drug-likeness (QED) is 0.580. The number of alkyl halides is 2. The van der Waals surface area contributed by atoms with Gasteiger partial charge in [0.2, 0.25) is 6.43 Å². The van der Waals surface area contributed by atoms with E-state index in [4.69, 9.17) is 4.74 Å². The number of hydrogen-bond donors (Lipinski definition) is 2. The van der Waals surface area contributed by atoms with Crippen LogP contribution in [0.3, 0.4) is 0 Å². The van der Waals surface area contributed by atoms with Crippen molar-refractivity contribution in [1.82, 2.24) is 20.1 Å². The van der Waals surface area contributed by atoms with Crippen molar-refractivity contribution < 1.29 is 23.4 Å². The molecule has 1 aromatic carbocycles. The molecule has 2 heterocycles. The minimum atomic E-state index is -2.66. The summed E-state index contributed by atoms with van der Waals surface area (Å²) in [7, 11) is 1.60. The molecule has 1 amide bonds. The predicted molar refractivity (Wildman–Crippen MR) is 105 cm³/mol. The van der Waals surface area contributed by atoms with E-state index in [1.165, 1.54) is 22.9 Å². The van der Waals surface area contributed by atoms with Gasteiger partial charge in [0.15, 0.2) is 0 Å². The van der Waals surface area contributed by atoms with Crippen molar-refractivity contribution in [1.29, 1.82) is 0 Å². The zero-order chi connectivity index (χ0) is 21.2. The average molecular weight is 424 g/mol. The summed E-state index contributed by atoms with van der Waals surface area (Å²) in [6, 6.07) is 5.17. The molecule has 1 atom stereocenters. The van der Waals surface area contributed by atoms with Gasteiger partial charge in [-0.25, -0.2) is 13.8 Å². The third-order valence-corrected chi connectivity index (χ3v) is 5.51. The number of aliphatic hydroxyl groups excluding tert-OH is 1. The fourth-order valence-electron chi connectivity index (χ4n) is 2.98. The monoisotopic (exact) mass is 424 g/mol. The van der Waals surface area contributed by atoms with E-state index >= 15 is 0 Å². The van der Waals surface area contributed by atoms with E-state index in [1.54, 1.807) is 30.8 Å². The number of aryl methyl sites for hydroxylation is 2. The van der Waals surface area contributed by atoms with E-state index in [-0.39, 0.29) is 5.69 Å². The van der Waals surface area contributed by atoms with Crippen LogP contribution in [0, 0.1) is 6.92 Å². The molecule has 29 heavy (non-hydrogen) atoms. The van der Waals surface area contributed by atoms with Crippen LogP contribution >= 0.6 is 11.3 Å². The van der Waals surface area contributed by atoms with E-state index in [1.807, 2.05) is 6.92 Å². The zero-order valence-electron chi connectivity index (χ0n) is 16.3. The van der Waals surface area contributed by atoms with Crippen LogP contribution in [0.1, 0.15) is 34.4 Å². The van der Waals surface area contributed by atoms with Crippen molar-refractivity contribution in [3.8, 4) is 5.75 Å². The summed E-state index contributed by atoms with van der Waals surface area (Å²) in [5.74, 6) is -0.0486. The van der Waals surface area contributed by atoms with Crippen molar-refractivity contribution in [2.75, 3.05) is 6.61 Å². The third kappa shape index (κ3) is 4.70. The second kappa shape index (κ2) is 8.42. The maximum atomic E-state index is 12.8. The Morgan fingerprint density at radius 1 is 1.45 bits per heavy atom. The van der Waals surface area contributed by atoms with Crippen molar-refractivity contribution in [2.45, 2.75) is 38.8 Å². The molecule has 0 aliphatic carbocycles. The van der Waals surface area contributed by atoms with Gasteiger partial charge in [0.1, 0.15) is 18.1 Å². The van der Waals surface area contributed by atoms with E-state index in [9.17, 15) is 18.7 Å². The van der Waals surface area contributed by atoms with Gasteiger partial charge in [0.25, 0.3) is 5.91 Å². The molecule has 156 valence electrons. The summed E-state index contributed by atoms with van der Waals surface area (Å²) in [5, 5.41) is 16.8. The van der Waals surface area contributed by atoms with Gasteiger partial charge in [0.05, 0.1) is 33.7 Å². The average Bonchev–Trinajstić information content (AvgIpc) is 3.20. The highest BCUT2D eigenvalue weighted by Gasteiger charge is 2.31. The first kappa shape index (κ1) is 21.1. The molecule has 1 unspecified atom stereocenters. The Bertz CT molecular complexity index is 1020. The molecular weight excluding hydrogens is 402 g/mol. The molecule has 0 bridgehead atoms. The Balaban J connectivity index is 1.86. The second-order valence-electron chi connectivity index (χ2n) is 7.07. The lowest BCUT2D eigenvalue weighted by atomic mass is 9.99. The number of benzene rings is 1. The molecule has 10 heteroatoms. The van der Waals surface area contributed by atoms with Gasteiger partial charge in [0, 0.05) is 18.9 Å². The smallest absolute Gasteiger partial charge is 0.270 e. The third-order valence-electron chi connectivity index (χ3n) is 4.60. The molecule has 3 aromatic rings. The number of carbonyl (C=O) groups excluding carboxylic acids is 1. The highest BCUT2D eigenvalue weighted by Crippen LogP contribution is 2.26. The number of hydrogen-bond acceptors (Lipinski definition) is 6. The van der Waals surface area contributed by atoms with Crippen LogP contribution in [0.5, 0.6) is 5.75 Å². The fraction of sp³-hybridized carbons (Fsp3) is 0.421. The maximum Gasteiger partial charge on any atom is 0.270 e. The van der Waals surface area contributed by atoms with Gasteiger partial charge < -0.3 is 15.2 Å². The number of nitrogens with one attached hydrogen (secondary N) is 1. The van der Waals surface area contributed by atoms with Crippen LogP contribution in [0.4, 0.5) is 8.78 Å². The summed E-state index contributed by atoms with van der Waals surface area (Å²) in [4.78, 5) is 18.0. The topological polar surface area (TPSA) is 89.3 Å². The normalized spacial score (nSPS) is 13.6. The Hall–Kier alpha value is -2.59. The second-order valence-corrected chi connectivity index (χ2v) is 8.01. The zero-order valence-corrected chi connectivity index (χ0v) is 17.1. The van der Waals surface area contributed by atoms with Crippen LogP contribution in [0.15, 0.2) is 23.7 Å². The highest BCUT2D eigenvalue weighted by molar-refractivity contribution is 7.09. The molecule has 7 nitrogen and oxygen atoms in total. The molecule has 0 fully saturated rings. The van der Waals surface area contributed by atoms with Gasteiger partial charge in [-0.1, -0.05) is 0 Å².